The fourth-order valence-corrected chi connectivity index (χ4v) is 2.69. The van der Waals surface area contributed by atoms with E-state index in [-0.39, 0.29) is 29.9 Å². The highest BCUT2D eigenvalue weighted by atomic mass is 16.5. The second kappa shape index (κ2) is 6.70. The predicted molar refractivity (Wildman–Crippen MR) is 71.2 cm³/mol. The van der Waals surface area contributed by atoms with Crippen LogP contribution < -0.4 is 11.1 Å². The number of nitrogens with two attached hydrogens (primary N) is 1. The minimum atomic E-state index is -0.321. The van der Waals surface area contributed by atoms with E-state index in [1.165, 1.54) is 6.08 Å². The highest BCUT2D eigenvalue weighted by molar-refractivity contribution is 5.82. The van der Waals surface area contributed by atoms with Gasteiger partial charge in [0.05, 0.1) is 0 Å². The van der Waals surface area contributed by atoms with Crippen molar-refractivity contribution in [1.29, 1.82) is 0 Å². The molecule has 1 heterocycles. The minimum absolute atomic E-state index is 0.0227. The van der Waals surface area contributed by atoms with Crippen molar-refractivity contribution in [3.63, 3.8) is 0 Å². The van der Waals surface area contributed by atoms with Crippen molar-refractivity contribution in [3.8, 4) is 0 Å². The van der Waals surface area contributed by atoms with Gasteiger partial charge in [0, 0.05) is 24.6 Å². The van der Waals surface area contributed by atoms with Crippen LogP contribution in [-0.4, -0.2) is 30.6 Å². The van der Waals surface area contributed by atoms with Gasteiger partial charge in [0.2, 0.25) is 5.91 Å². The number of amides is 1. The van der Waals surface area contributed by atoms with Gasteiger partial charge in [0.15, 0.2) is 0 Å². The number of ether oxygens (including phenoxy) is 1. The average molecular weight is 266 g/mol. The normalized spacial score (nSPS) is 25.7. The molecule has 2 fully saturated rings. The maximum atomic E-state index is 11.6. The van der Waals surface area contributed by atoms with Crippen LogP contribution in [0.15, 0.2) is 12.2 Å². The van der Waals surface area contributed by atoms with Gasteiger partial charge in [0.25, 0.3) is 0 Å². The smallest absolute Gasteiger partial charge is 0.330 e. The lowest BCUT2D eigenvalue weighted by Gasteiger charge is -2.11. The van der Waals surface area contributed by atoms with E-state index in [9.17, 15) is 9.59 Å². The number of nitrogens with one attached hydrogen (secondary N) is 1. The van der Waals surface area contributed by atoms with Crippen LogP contribution in [0.4, 0.5) is 0 Å². The monoisotopic (exact) mass is 266 g/mol. The Balaban J connectivity index is 1.71. The third kappa shape index (κ3) is 4.35. The lowest BCUT2D eigenvalue weighted by Crippen LogP contribution is -2.26. The van der Waals surface area contributed by atoms with Crippen molar-refractivity contribution in [2.75, 3.05) is 6.54 Å². The molecule has 1 amide bonds. The molecule has 0 aromatic heterocycles. The largest absolute Gasteiger partial charge is 0.459 e. The fourth-order valence-electron chi connectivity index (χ4n) is 2.69. The molecule has 1 aliphatic carbocycles. The summed E-state index contributed by atoms with van der Waals surface area (Å²) < 4.78 is 5.29. The van der Waals surface area contributed by atoms with Gasteiger partial charge in [-0.25, -0.2) is 4.79 Å². The molecule has 0 radical (unpaired) electrons. The van der Waals surface area contributed by atoms with Crippen molar-refractivity contribution in [3.05, 3.63) is 12.2 Å². The zero-order valence-electron chi connectivity index (χ0n) is 11.1. The second-order valence-electron chi connectivity index (χ2n) is 5.38. The summed E-state index contributed by atoms with van der Waals surface area (Å²) >= 11 is 0. The SMILES string of the molecule is N[C@H](C=CC(=O)OC1CCCC1)C[C@@H]1CCNC1=O. The molecule has 19 heavy (non-hydrogen) atoms. The van der Waals surface area contributed by atoms with Gasteiger partial charge in [-0.2, -0.15) is 0 Å². The number of hydrogen-bond donors (Lipinski definition) is 2. The molecule has 3 N–H and O–H groups in total. The van der Waals surface area contributed by atoms with Crippen LogP contribution in [0, 0.1) is 5.92 Å². The van der Waals surface area contributed by atoms with Crippen molar-refractivity contribution >= 4 is 11.9 Å². The summed E-state index contributed by atoms with van der Waals surface area (Å²) in [5.74, 6) is -0.277. The summed E-state index contributed by atoms with van der Waals surface area (Å²) in [5, 5.41) is 2.78. The van der Waals surface area contributed by atoms with Crippen molar-refractivity contribution < 1.29 is 14.3 Å². The summed E-state index contributed by atoms with van der Waals surface area (Å²) in [7, 11) is 0. The molecule has 2 aliphatic rings. The van der Waals surface area contributed by atoms with Gasteiger partial charge >= 0.3 is 5.97 Å². The van der Waals surface area contributed by atoms with Gasteiger partial charge < -0.3 is 15.8 Å². The zero-order chi connectivity index (χ0) is 13.7. The molecule has 1 aliphatic heterocycles. The Kier molecular flexibility index (Phi) is 4.96. The van der Waals surface area contributed by atoms with Crippen LogP contribution in [0.1, 0.15) is 38.5 Å². The van der Waals surface area contributed by atoms with Gasteiger partial charge in [-0.15, -0.1) is 0 Å². The molecule has 2 atom stereocenters. The number of carbonyl (C=O) groups is 2. The van der Waals surface area contributed by atoms with Crippen LogP contribution >= 0.6 is 0 Å². The highest BCUT2D eigenvalue weighted by Crippen LogP contribution is 2.21. The van der Waals surface area contributed by atoms with Crippen LogP contribution in [0.5, 0.6) is 0 Å². The lowest BCUT2D eigenvalue weighted by molar-refractivity contribution is -0.142. The Morgan fingerprint density at radius 3 is 2.79 bits per heavy atom. The van der Waals surface area contributed by atoms with Crippen LogP contribution in [0.3, 0.4) is 0 Å². The quantitative estimate of drug-likeness (QED) is 0.572. The minimum Gasteiger partial charge on any atom is -0.459 e. The fraction of sp³-hybridized carbons (Fsp3) is 0.714. The number of esters is 1. The lowest BCUT2D eigenvalue weighted by atomic mass is 9.99. The van der Waals surface area contributed by atoms with E-state index in [4.69, 9.17) is 10.5 Å². The van der Waals surface area contributed by atoms with E-state index in [0.717, 1.165) is 38.6 Å². The molecule has 0 spiro atoms. The van der Waals surface area contributed by atoms with Gasteiger partial charge in [-0.05, 0) is 38.5 Å². The standard InChI is InChI=1S/C14H22N2O3/c15-11(9-10-7-8-16-14(10)18)5-6-13(17)19-12-3-1-2-4-12/h5-6,10-12H,1-4,7-9,15H2,(H,16,18)/t10-,11+/m0/s1. The first-order valence-corrected chi connectivity index (χ1v) is 7.07. The van der Waals surface area contributed by atoms with Gasteiger partial charge in [0.1, 0.15) is 6.10 Å². The second-order valence-corrected chi connectivity index (χ2v) is 5.38. The highest BCUT2D eigenvalue weighted by Gasteiger charge is 2.25. The Hall–Kier alpha value is -1.36. The molecule has 0 aromatic carbocycles. The number of hydrogen-bond acceptors (Lipinski definition) is 4. The summed E-state index contributed by atoms with van der Waals surface area (Å²) in [6, 6.07) is -0.273. The van der Waals surface area contributed by atoms with Crippen molar-refractivity contribution in [1.82, 2.24) is 5.32 Å². The molecule has 1 saturated heterocycles. The van der Waals surface area contributed by atoms with E-state index >= 15 is 0 Å². The van der Waals surface area contributed by atoms with Crippen molar-refractivity contribution in [2.24, 2.45) is 11.7 Å². The number of rotatable bonds is 5. The summed E-state index contributed by atoms with van der Waals surface area (Å²) in [6.45, 7) is 0.726. The van der Waals surface area contributed by atoms with Crippen LogP contribution in [0.2, 0.25) is 0 Å². The first kappa shape index (κ1) is 14.1. The van der Waals surface area contributed by atoms with E-state index < -0.39 is 0 Å². The van der Waals surface area contributed by atoms with Crippen LogP contribution in [-0.2, 0) is 14.3 Å². The first-order valence-electron chi connectivity index (χ1n) is 7.07. The summed E-state index contributed by atoms with van der Waals surface area (Å²) in [5.41, 5.74) is 5.90. The first-order chi connectivity index (χ1) is 9.15. The molecule has 0 aromatic rings. The summed E-state index contributed by atoms with van der Waals surface area (Å²) in [6.07, 6.45) is 8.73. The molecule has 0 bridgehead atoms. The third-order valence-electron chi connectivity index (χ3n) is 3.78. The Labute approximate surface area is 113 Å². The number of carbonyl (C=O) groups excluding carboxylic acids is 2. The van der Waals surface area contributed by atoms with E-state index in [1.54, 1.807) is 6.08 Å². The molecule has 5 heteroatoms. The topological polar surface area (TPSA) is 81.4 Å². The molecule has 1 saturated carbocycles. The Bertz CT molecular complexity index is 362. The Morgan fingerprint density at radius 1 is 1.42 bits per heavy atom. The average Bonchev–Trinajstić information content (AvgIpc) is 3.00. The maximum absolute atomic E-state index is 11.6. The molecular weight excluding hydrogens is 244 g/mol. The molecular formula is C14H22N2O3. The van der Waals surface area contributed by atoms with E-state index in [2.05, 4.69) is 5.32 Å². The molecule has 2 rings (SSSR count). The van der Waals surface area contributed by atoms with Gasteiger partial charge in [-0.1, -0.05) is 6.08 Å². The summed E-state index contributed by atoms with van der Waals surface area (Å²) in [4.78, 5) is 23.0. The molecule has 0 unspecified atom stereocenters. The predicted octanol–water partition coefficient (Wildman–Crippen LogP) is 0.882. The zero-order valence-corrected chi connectivity index (χ0v) is 11.1. The third-order valence-corrected chi connectivity index (χ3v) is 3.78. The van der Waals surface area contributed by atoms with Crippen LogP contribution in [0.25, 0.3) is 0 Å². The molecule has 106 valence electrons. The van der Waals surface area contributed by atoms with Gasteiger partial charge in [-0.3, -0.25) is 4.79 Å². The van der Waals surface area contributed by atoms with E-state index in [0.29, 0.717) is 6.42 Å². The molecule has 5 nitrogen and oxygen atoms in total. The van der Waals surface area contributed by atoms with Crippen molar-refractivity contribution in [2.45, 2.75) is 50.7 Å². The van der Waals surface area contributed by atoms with E-state index in [1.807, 2.05) is 0 Å². The maximum Gasteiger partial charge on any atom is 0.330 e. The Morgan fingerprint density at radius 2 is 2.16 bits per heavy atom.